The van der Waals surface area contributed by atoms with Gasteiger partial charge in [0.2, 0.25) is 11.9 Å². The largest absolute Gasteiger partial charge is 0.341 e. The zero-order chi connectivity index (χ0) is 27.5. The molecule has 0 spiro atoms. The minimum Gasteiger partial charge on any atom is -0.341 e. The van der Waals surface area contributed by atoms with Crippen LogP contribution in [0.25, 0.3) is 11.2 Å². The second-order valence-electron chi connectivity index (χ2n) is 10.5. The third-order valence-corrected chi connectivity index (χ3v) is 7.65. The highest BCUT2D eigenvalue weighted by Gasteiger charge is 2.26. The number of aromatic nitrogens is 6. The summed E-state index contributed by atoms with van der Waals surface area (Å²) in [6.07, 6.45) is 6.30. The normalized spacial score (nSPS) is 18.4. The number of hydrogen-bond donors (Lipinski definition) is 1. The van der Waals surface area contributed by atoms with E-state index in [1.165, 1.54) is 9.13 Å². The van der Waals surface area contributed by atoms with Crippen LogP contribution < -0.4 is 26.8 Å². The molecular formula is C27H38N10O2. The molecule has 3 aromatic rings. The quantitative estimate of drug-likeness (QED) is 0.422. The maximum atomic E-state index is 13.7. The number of hydrogen-bond acceptors (Lipinski definition) is 9. The number of nitrogens with two attached hydrogens (primary N) is 1. The lowest BCUT2D eigenvalue weighted by molar-refractivity contribution is 0.248. The summed E-state index contributed by atoms with van der Waals surface area (Å²) in [5.74, 6) is 7.42. The first-order valence-corrected chi connectivity index (χ1v) is 13.7. The van der Waals surface area contributed by atoms with E-state index in [4.69, 9.17) is 10.7 Å². The van der Waals surface area contributed by atoms with Gasteiger partial charge in [0.25, 0.3) is 5.56 Å². The minimum atomic E-state index is -0.345. The van der Waals surface area contributed by atoms with Gasteiger partial charge in [0.05, 0.1) is 6.54 Å². The number of piperidine rings is 1. The highest BCUT2D eigenvalue weighted by molar-refractivity contribution is 5.75. The molecule has 2 aliphatic heterocycles. The molecule has 0 radical (unpaired) electrons. The molecule has 2 aliphatic rings. The average Bonchev–Trinajstić information content (AvgIpc) is 3.33. The van der Waals surface area contributed by atoms with E-state index in [1.807, 2.05) is 23.9 Å². The van der Waals surface area contributed by atoms with Gasteiger partial charge in [-0.2, -0.15) is 4.98 Å². The minimum absolute atomic E-state index is 0.0519. The van der Waals surface area contributed by atoms with E-state index in [-0.39, 0.29) is 17.3 Å². The predicted molar refractivity (Wildman–Crippen MR) is 152 cm³/mol. The Labute approximate surface area is 228 Å². The topological polar surface area (TPSA) is 123 Å². The molecule has 3 aromatic heterocycles. The first-order chi connectivity index (χ1) is 18.9. The Morgan fingerprint density at radius 2 is 1.77 bits per heavy atom. The monoisotopic (exact) mass is 534 g/mol. The number of nitrogens with zero attached hydrogens (tertiary/aromatic N) is 9. The fraction of sp³-hybridized carbons (Fsp3) is 0.593. The number of fused-ring (bicyclic) bond motifs is 1. The van der Waals surface area contributed by atoms with E-state index < -0.39 is 0 Å². The Kier molecular flexibility index (Phi) is 7.99. The predicted octanol–water partition coefficient (Wildman–Crippen LogP) is 0.158. The molecule has 12 nitrogen and oxygen atoms in total. The number of imidazole rings is 1. The summed E-state index contributed by atoms with van der Waals surface area (Å²) in [5.41, 5.74) is 7.43. The lowest BCUT2D eigenvalue weighted by Crippen LogP contribution is -2.47. The van der Waals surface area contributed by atoms with Crippen LogP contribution >= 0.6 is 0 Å². The maximum absolute atomic E-state index is 13.7. The summed E-state index contributed by atoms with van der Waals surface area (Å²) >= 11 is 0. The summed E-state index contributed by atoms with van der Waals surface area (Å²) < 4.78 is 4.69. The van der Waals surface area contributed by atoms with Crippen molar-refractivity contribution in [1.29, 1.82) is 0 Å². The third kappa shape index (κ3) is 5.55. The van der Waals surface area contributed by atoms with Crippen molar-refractivity contribution in [3.63, 3.8) is 0 Å². The van der Waals surface area contributed by atoms with E-state index >= 15 is 0 Å². The van der Waals surface area contributed by atoms with Gasteiger partial charge in [-0.25, -0.2) is 14.8 Å². The van der Waals surface area contributed by atoms with Crippen molar-refractivity contribution in [2.45, 2.75) is 52.2 Å². The van der Waals surface area contributed by atoms with Gasteiger partial charge in [-0.1, -0.05) is 5.92 Å². The summed E-state index contributed by atoms with van der Waals surface area (Å²) in [6.45, 7) is 10.2. The number of aryl methyl sites for hydroxylation is 2. The summed E-state index contributed by atoms with van der Waals surface area (Å²) in [7, 11) is 1.68. The fourth-order valence-electron chi connectivity index (χ4n) is 5.47. The SMILES string of the molecule is CC#CCn1c(N2CCC[C@@H](N)C2)nc2c1c(=O)n(CCCN1CCN(c3ncc(C)cn3)CC1)c(=O)n2C. The summed E-state index contributed by atoms with van der Waals surface area (Å²) in [4.78, 5) is 47.3. The van der Waals surface area contributed by atoms with Crippen molar-refractivity contribution in [3.8, 4) is 11.8 Å². The standard InChI is InChI=1S/C27H38N10O2/c1-4-5-11-36-22-23(31-26(36)35-10-6-8-21(28)19-35)32(3)27(39)37(24(22)38)12-7-9-33-13-15-34(16-14-33)25-29-17-20(2)18-30-25/h17-18,21H,6-16,19,28H2,1-3H3/t21-/m1/s1. The molecule has 2 N–H and O–H groups in total. The lowest BCUT2D eigenvalue weighted by Gasteiger charge is -2.34. The Morgan fingerprint density at radius 1 is 1.03 bits per heavy atom. The third-order valence-electron chi connectivity index (χ3n) is 7.65. The van der Waals surface area contributed by atoms with Gasteiger partial charge in [-0.3, -0.25) is 23.4 Å². The molecule has 208 valence electrons. The number of rotatable bonds is 7. The van der Waals surface area contributed by atoms with E-state index in [9.17, 15) is 9.59 Å². The second kappa shape index (κ2) is 11.6. The number of anilines is 2. The Bertz CT molecular complexity index is 1490. The van der Waals surface area contributed by atoms with Crippen LogP contribution in [0.4, 0.5) is 11.9 Å². The fourth-order valence-corrected chi connectivity index (χ4v) is 5.47. The Morgan fingerprint density at radius 3 is 2.46 bits per heavy atom. The molecule has 0 unspecified atom stereocenters. The molecule has 0 aliphatic carbocycles. The zero-order valence-corrected chi connectivity index (χ0v) is 23.1. The molecule has 0 aromatic carbocycles. The van der Waals surface area contributed by atoms with Gasteiger partial charge >= 0.3 is 5.69 Å². The van der Waals surface area contributed by atoms with E-state index in [2.05, 4.69) is 36.5 Å². The van der Waals surface area contributed by atoms with Crippen LogP contribution in [-0.4, -0.2) is 85.4 Å². The van der Waals surface area contributed by atoms with Gasteiger partial charge in [-0.05, 0) is 45.2 Å². The molecular weight excluding hydrogens is 496 g/mol. The molecule has 1 atom stereocenters. The van der Waals surface area contributed by atoms with Crippen LogP contribution in [0.15, 0.2) is 22.0 Å². The van der Waals surface area contributed by atoms with Crippen LogP contribution in [-0.2, 0) is 20.1 Å². The first-order valence-electron chi connectivity index (χ1n) is 13.7. The van der Waals surface area contributed by atoms with E-state index in [1.54, 1.807) is 14.0 Å². The van der Waals surface area contributed by atoms with Gasteiger partial charge in [0.15, 0.2) is 11.2 Å². The Hall–Kier alpha value is -3.69. The van der Waals surface area contributed by atoms with Crippen LogP contribution in [0, 0.1) is 18.8 Å². The second-order valence-corrected chi connectivity index (χ2v) is 10.5. The van der Waals surface area contributed by atoms with E-state index in [0.29, 0.717) is 43.2 Å². The molecule has 2 saturated heterocycles. The van der Waals surface area contributed by atoms with Gasteiger partial charge in [0, 0.05) is 71.3 Å². The molecule has 5 rings (SSSR count). The molecule has 2 fully saturated rings. The van der Waals surface area contributed by atoms with Crippen LogP contribution in [0.3, 0.4) is 0 Å². The molecule has 39 heavy (non-hydrogen) atoms. The van der Waals surface area contributed by atoms with Gasteiger partial charge in [0.1, 0.15) is 0 Å². The molecule has 0 bridgehead atoms. The number of piperazine rings is 1. The van der Waals surface area contributed by atoms with Crippen LogP contribution in [0.5, 0.6) is 0 Å². The van der Waals surface area contributed by atoms with Crippen molar-refractivity contribution in [2.24, 2.45) is 12.8 Å². The maximum Gasteiger partial charge on any atom is 0.332 e. The average molecular weight is 535 g/mol. The van der Waals surface area contributed by atoms with Crippen LogP contribution in [0.1, 0.15) is 31.7 Å². The van der Waals surface area contributed by atoms with Gasteiger partial charge < -0.3 is 15.5 Å². The lowest BCUT2D eigenvalue weighted by atomic mass is 10.1. The molecule has 5 heterocycles. The molecule has 0 amide bonds. The smallest absolute Gasteiger partial charge is 0.332 e. The van der Waals surface area contributed by atoms with E-state index in [0.717, 1.165) is 63.6 Å². The van der Waals surface area contributed by atoms with Crippen molar-refractivity contribution in [2.75, 3.05) is 55.6 Å². The summed E-state index contributed by atoms with van der Waals surface area (Å²) in [6, 6.07) is 0.0519. The highest BCUT2D eigenvalue weighted by Crippen LogP contribution is 2.23. The first kappa shape index (κ1) is 26.9. The van der Waals surface area contributed by atoms with Gasteiger partial charge in [-0.15, -0.1) is 5.92 Å². The van der Waals surface area contributed by atoms with Crippen molar-refractivity contribution >= 4 is 23.1 Å². The Balaban J connectivity index is 1.33. The zero-order valence-electron chi connectivity index (χ0n) is 23.1. The van der Waals surface area contributed by atoms with Crippen molar-refractivity contribution < 1.29 is 0 Å². The van der Waals surface area contributed by atoms with Crippen molar-refractivity contribution in [3.05, 3.63) is 38.8 Å². The highest BCUT2D eigenvalue weighted by atomic mass is 16.2. The van der Waals surface area contributed by atoms with Crippen LogP contribution in [0.2, 0.25) is 0 Å². The summed E-state index contributed by atoms with van der Waals surface area (Å²) in [5, 5.41) is 0. The molecule has 0 saturated carbocycles. The molecule has 12 heteroatoms. The van der Waals surface area contributed by atoms with Crippen molar-refractivity contribution in [1.82, 2.24) is 33.6 Å².